The first-order valence-corrected chi connectivity index (χ1v) is 9.33. The molecule has 0 radical (unpaired) electrons. The predicted molar refractivity (Wildman–Crippen MR) is 96.4 cm³/mol. The summed E-state index contributed by atoms with van der Waals surface area (Å²) in [5, 5.41) is 0. The molecule has 0 bridgehead atoms. The molecule has 0 aliphatic heterocycles. The highest BCUT2D eigenvalue weighted by atomic mass is 127. The molecule has 2 aromatic rings. The molecule has 9 heteroatoms. The van der Waals surface area contributed by atoms with Gasteiger partial charge in [0.1, 0.15) is 5.82 Å². The van der Waals surface area contributed by atoms with E-state index in [0.717, 1.165) is 16.7 Å². The van der Waals surface area contributed by atoms with Crippen LogP contribution >= 0.6 is 22.6 Å². The zero-order valence-corrected chi connectivity index (χ0v) is 16.4. The fraction of sp³-hybridized carbons (Fsp3) is 0.250. The minimum atomic E-state index is -5.84. The smallest absolute Gasteiger partial charge is 0.279 e. The number of hydrogen-bond acceptors (Lipinski definition) is 2. The maximum atomic E-state index is 14.1. The first-order chi connectivity index (χ1) is 11.3. The van der Waals surface area contributed by atoms with Gasteiger partial charge in [0, 0.05) is 9.13 Å². The van der Waals surface area contributed by atoms with Crippen molar-refractivity contribution in [3.8, 4) is 11.1 Å². The lowest BCUT2D eigenvalue weighted by molar-refractivity contribution is -0.0510. The molecule has 0 heterocycles. The first-order valence-electron chi connectivity index (χ1n) is 6.81. The summed E-state index contributed by atoms with van der Waals surface area (Å²) in [6.07, 6.45) is 0. The Labute approximate surface area is 157 Å². The summed E-state index contributed by atoms with van der Waals surface area (Å²) in [7, 11) is -5.84. The van der Waals surface area contributed by atoms with Crippen molar-refractivity contribution < 1.29 is 30.5 Å². The zero-order valence-electron chi connectivity index (χ0n) is 13.4. The molecule has 138 valence electrons. The van der Waals surface area contributed by atoms with Gasteiger partial charge in [0.15, 0.2) is 0 Å². The van der Waals surface area contributed by atoms with E-state index in [-0.39, 0.29) is 5.82 Å². The Morgan fingerprint density at radius 2 is 1.48 bits per heavy atom. The van der Waals surface area contributed by atoms with E-state index in [1.807, 2.05) is 48.6 Å². The fourth-order valence-electron chi connectivity index (χ4n) is 2.30. The molecule has 1 N–H and O–H groups in total. The van der Waals surface area contributed by atoms with Crippen LogP contribution in [0, 0.1) is 30.2 Å². The van der Waals surface area contributed by atoms with Crippen molar-refractivity contribution in [2.75, 3.05) is 0 Å². The topological polar surface area (TPSA) is 54.4 Å². The van der Waals surface area contributed by atoms with Crippen LogP contribution in [0.25, 0.3) is 11.1 Å². The van der Waals surface area contributed by atoms with Crippen molar-refractivity contribution in [1.82, 2.24) is 0 Å². The molecule has 0 amide bonds. The fourth-order valence-corrected chi connectivity index (χ4v) is 2.80. The molecule has 3 nitrogen and oxygen atoms in total. The van der Waals surface area contributed by atoms with Crippen LogP contribution in [-0.4, -0.2) is 18.5 Å². The van der Waals surface area contributed by atoms with Crippen LogP contribution in [0.5, 0.6) is 0 Å². The second kappa shape index (κ2) is 8.00. The third-order valence-electron chi connectivity index (χ3n) is 3.19. The summed E-state index contributed by atoms with van der Waals surface area (Å²) in [5.74, 6) is -0.122. The molecule has 0 aliphatic carbocycles. The Balaban J connectivity index is 0.000000333. The molecule has 0 saturated carbocycles. The van der Waals surface area contributed by atoms with Crippen LogP contribution in [0.15, 0.2) is 30.3 Å². The van der Waals surface area contributed by atoms with Crippen molar-refractivity contribution in [3.63, 3.8) is 0 Å². The van der Waals surface area contributed by atoms with Crippen molar-refractivity contribution in [3.05, 3.63) is 56.4 Å². The van der Waals surface area contributed by atoms with E-state index in [0.29, 0.717) is 9.13 Å². The lowest BCUT2D eigenvalue weighted by atomic mass is 9.93. The van der Waals surface area contributed by atoms with Crippen LogP contribution in [0.3, 0.4) is 0 Å². The molecule has 25 heavy (non-hydrogen) atoms. The van der Waals surface area contributed by atoms with Gasteiger partial charge in [0.25, 0.3) is 0 Å². The average Bonchev–Trinajstić information content (AvgIpc) is 2.41. The van der Waals surface area contributed by atoms with Crippen LogP contribution in [0.1, 0.15) is 16.7 Å². The van der Waals surface area contributed by atoms with Gasteiger partial charge in [-0.05, 0) is 66.1 Å². The molecule has 2 rings (SSSR count). The molecule has 0 unspecified atom stereocenters. The largest absolute Gasteiger partial charge is 0.522 e. The Hall–Kier alpha value is -1.20. The summed E-state index contributed by atoms with van der Waals surface area (Å²) in [5.41, 5.74) is -0.340. The molecule has 0 spiro atoms. The lowest BCUT2D eigenvalue weighted by Gasteiger charge is -2.13. The monoisotopic (exact) mass is 490 g/mol. The predicted octanol–water partition coefficient (Wildman–Crippen LogP) is 5.42. The van der Waals surface area contributed by atoms with E-state index in [2.05, 4.69) is 19.1 Å². The quantitative estimate of drug-likeness (QED) is 0.252. The normalized spacial score (nSPS) is 11.7. The minimum Gasteiger partial charge on any atom is -0.279 e. The minimum absolute atomic E-state index is 0.122. The number of aryl methyl sites for hydroxylation is 3. The highest BCUT2D eigenvalue weighted by molar-refractivity contribution is 14.1. The van der Waals surface area contributed by atoms with E-state index in [9.17, 15) is 17.6 Å². The highest BCUT2D eigenvalue weighted by Crippen LogP contribution is 2.31. The second-order valence-electron chi connectivity index (χ2n) is 5.30. The van der Waals surface area contributed by atoms with Gasteiger partial charge >= 0.3 is 15.6 Å². The van der Waals surface area contributed by atoms with Gasteiger partial charge in [-0.1, -0.05) is 29.8 Å². The third kappa shape index (κ3) is 5.65. The summed E-state index contributed by atoms with van der Waals surface area (Å²) >= 11 is 2.03. The molecule has 0 aromatic heterocycles. The molecular weight excluding hydrogens is 475 g/mol. The van der Waals surface area contributed by atoms with Crippen LogP contribution in [0.2, 0.25) is 0 Å². The number of hydrogen-bond donors (Lipinski definition) is 1. The van der Waals surface area contributed by atoms with Gasteiger partial charge in [0.05, 0.1) is 0 Å². The summed E-state index contributed by atoms with van der Waals surface area (Å²) in [6.45, 7) is 6.14. The van der Waals surface area contributed by atoms with Crippen molar-refractivity contribution >= 4 is 32.7 Å². The van der Waals surface area contributed by atoms with E-state index in [1.54, 1.807) is 6.07 Å². The SMILES string of the molecule is Cc1cc(C)c(-c2cccc(I)c2F)c(C)c1.O=S(=O)(O)C(F)(F)F. The summed E-state index contributed by atoms with van der Waals surface area (Å²) in [4.78, 5) is 0. The van der Waals surface area contributed by atoms with Gasteiger partial charge in [0.2, 0.25) is 0 Å². The molecule has 0 atom stereocenters. The van der Waals surface area contributed by atoms with Crippen LogP contribution in [0.4, 0.5) is 17.6 Å². The van der Waals surface area contributed by atoms with Crippen molar-refractivity contribution in [1.29, 1.82) is 0 Å². The average molecular weight is 490 g/mol. The van der Waals surface area contributed by atoms with E-state index < -0.39 is 15.6 Å². The van der Waals surface area contributed by atoms with Crippen LogP contribution < -0.4 is 0 Å². The Morgan fingerprint density at radius 1 is 1.04 bits per heavy atom. The maximum Gasteiger partial charge on any atom is 0.522 e. The molecular formula is C16H15F4IO3S. The third-order valence-corrected chi connectivity index (χ3v) is 4.61. The van der Waals surface area contributed by atoms with Gasteiger partial charge in [-0.15, -0.1) is 0 Å². The first kappa shape index (κ1) is 21.8. The molecule has 0 fully saturated rings. The second-order valence-corrected chi connectivity index (χ2v) is 7.87. The van der Waals surface area contributed by atoms with Crippen molar-refractivity contribution in [2.24, 2.45) is 0 Å². The van der Waals surface area contributed by atoms with E-state index in [1.165, 1.54) is 5.56 Å². The summed E-state index contributed by atoms with van der Waals surface area (Å²) < 4.78 is 72.3. The zero-order chi connectivity index (χ0) is 19.6. The maximum absolute atomic E-state index is 14.1. The standard InChI is InChI=1S/C15H14FI.CHF3O3S/c1-9-7-10(2)14(11(3)8-9)12-5-4-6-13(17)15(12)16;2-1(3,4)8(5,6)7/h4-8H,1-3H3;(H,5,6,7). The van der Waals surface area contributed by atoms with Gasteiger partial charge in [-0.25, -0.2) is 4.39 Å². The van der Waals surface area contributed by atoms with E-state index in [4.69, 9.17) is 13.0 Å². The van der Waals surface area contributed by atoms with Gasteiger partial charge in [-0.3, -0.25) is 4.55 Å². The Kier molecular flexibility index (Phi) is 6.99. The summed E-state index contributed by atoms with van der Waals surface area (Å²) in [6, 6.07) is 9.74. The Morgan fingerprint density at radius 3 is 1.88 bits per heavy atom. The number of rotatable bonds is 1. The molecule has 2 aromatic carbocycles. The van der Waals surface area contributed by atoms with Crippen LogP contribution in [-0.2, 0) is 10.1 Å². The lowest BCUT2D eigenvalue weighted by Crippen LogP contribution is -2.21. The number of halogens is 5. The number of alkyl halides is 3. The highest BCUT2D eigenvalue weighted by Gasteiger charge is 2.44. The molecule has 0 aliphatic rings. The Bertz CT molecular complexity index is 854. The van der Waals surface area contributed by atoms with Gasteiger partial charge in [-0.2, -0.15) is 21.6 Å². The van der Waals surface area contributed by atoms with E-state index >= 15 is 0 Å². The molecule has 0 saturated heterocycles. The van der Waals surface area contributed by atoms with Crippen molar-refractivity contribution in [2.45, 2.75) is 26.3 Å². The number of benzene rings is 2. The van der Waals surface area contributed by atoms with Gasteiger partial charge < -0.3 is 0 Å².